The molecule has 2 heterocycles. The zero-order chi connectivity index (χ0) is 9.80. The van der Waals surface area contributed by atoms with Crippen molar-refractivity contribution < 1.29 is 8.94 Å². The van der Waals surface area contributed by atoms with E-state index in [1.165, 1.54) is 0 Å². The molecule has 0 aromatic carbocycles. The van der Waals surface area contributed by atoms with Crippen molar-refractivity contribution in [3.8, 4) is 0 Å². The van der Waals surface area contributed by atoms with Crippen LogP contribution in [0.2, 0.25) is 0 Å². The molecule has 4 nitrogen and oxygen atoms in total. The average Bonchev–Trinajstić information content (AvgIpc) is 2.78. The van der Waals surface area contributed by atoms with Crippen LogP contribution in [0.15, 0.2) is 33.6 Å². The van der Waals surface area contributed by atoms with Gasteiger partial charge in [-0.2, -0.15) is 0 Å². The van der Waals surface area contributed by atoms with Crippen LogP contribution in [0.5, 0.6) is 0 Å². The molecule has 0 bridgehead atoms. The molecule has 0 atom stereocenters. The van der Waals surface area contributed by atoms with Crippen molar-refractivity contribution in [1.29, 1.82) is 0 Å². The van der Waals surface area contributed by atoms with Gasteiger partial charge in [0.1, 0.15) is 12.0 Å². The highest BCUT2D eigenvalue weighted by molar-refractivity contribution is 5.14. The highest BCUT2D eigenvalue weighted by Gasteiger charge is 2.01. The van der Waals surface area contributed by atoms with Crippen molar-refractivity contribution in [2.75, 3.05) is 0 Å². The summed E-state index contributed by atoms with van der Waals surface area (Å²) in [6.45, 7) is 3.43. The number of aromatic nitrogens is 1. The van der Waals surface area contributed by atoms with Gasteiger partial charge in [0.05, 0.1) is 18.5 Å². The summed E-state index contributed by atoms with van der Waals surface area (Å²) in [6.07, 6.45) is 3.26. The van der Waals surface area contributed by atoms with Crippen LogP contribution in [0, 0.1) is 6.92 Å². The second-order valence-electron chi connectivity index (χ2n) is 3.12. The number of aryl methyl sites for hydroxylation is 1. The minimum Gasteiger partial charge on any atom is -0.468 e. The van der Waals surface area contributed by atoms with E-state index in [0.29, 0.717) is 13.1 Å². The van der Waals surface area contributed by atoms with Crippen LogP contribution < -0.4 is 5.32 Å². The Morgan fingerprint density at radius 1 is 1.29 bits per heavy atom. The first-order chi connectivity index (χ1) is 6.86. The van der Waals surface area contributed by atoms with Gasteiger partial charge in [-0.25, -0.2) is 0 Å². The lowest BCUT2D eigenvalue weighted by molar-refractivity contribution is 0.406. The Kier molecular flexibility index (Phi) is 2.65. The summed E-state index contributed by atoms with van der Waals surface area (Å²) in [7, 11) is 0. The van der Waals surface area contributed by atoms with Gasteiger partial charge in [0.15, 0.2) is 0 Å². The summed E-state index contributed by atoms with van der Waals surface area (Å²) < 4.78 is 9.99. The van der Waals surface area contributed by atoms with E-state index in [9.17, 15) is 0 Å². The molecule has 2 aromatic rings. The molecular formula is C10H12N2O2. The van der Waals surface area contributed by atoms with Gasteiger partial charge < -0.3 is 14.3 Å². The number of hydrogen-bond acceptors (Lipinski definition) is 4. The van der Waals surface area contributed by atoms with Crippen molar-refractivity contribution in [2.24, 2.45) is 0 Å². The van der Waals surface area contributed by atoms with E-state index in [1.807, 2.05) is 19.1 Å². The van der Waals surface area contributed by atoms with Crippen LogP contribution in [0.1, 0.15) is 17.0 Å². The fraction of sp³-hybridized carbons (Fsp3) is 0.300. The van der Waals surface area contributed by atoms with Gasteiger partial charge >= 0.3 is 0 Å². The van der Waals surface area contributed by atoms with Crippen molar-refractivity contribution in [1.82, 2.24) is 10.5 Å². The molecular weight excluding hydrogens is 180 g/mol. The minimum atomic E-state index is 0.691. The smallest absolute Gasteiger partial charge is 0.124 e. The van der Waals surface area contributed by atoms with Gasteiger partial charge in [-0.15, -0.1) is 0 Å². The highest BCUT2D eigenvalue weighted by atomic mass is 16.5. The SMILES string of the molecule is Cc1ccoc1CNCc1ccon1. The maximum absolute atomic E-state index is 5.28. The first-order valence-electron chi connectivity index (χ1n) is 4.49. The van der Waals surface area contributed by atoms with Gasteiger partial charge in [-0.3, -0.25) is 0 Å². The third-order valence-corrected chi connectivity index (χ3v) is 2.05. The van der Waals surface area contributed by atoms with Crippen molar-refractivity contribution >= 4 is 0 Å². The van der Waals surface area contributed by atoms with E-state index in [1.54, 1.807) is 12.5 Å². The molecule has 0 aliphatic rings. The van der Waals surface area contributed by atoms with Gasteiger partial charge in [-0.1, -0.05) is 5.16 Å². The molecule has 0 aliphatic carbocycles. The zero-order valence-electron chi connectivity index (χ0n) is 7.99. The van der Waals surface area contributed by atoms with E-state index in [-0.39, 0.29) is 0 Å². The van der Waals surface area contributed by atoms with E-state index >= 15 is 0 Å². The highest BCUT2D eigenvalue weighted by Crippen LogP contribution is 2.08. The standard InChI is InChI=1S/C10H12N2O2/c1-8-2-4-13-10(8)7-11-6-9-3-5-14-12-9/h2-5,11H,6-7H2,1H3. The van der Waals surface area contributed by atoms with E-state index in [4.69, 9.17) is 8.94 Å². The molecule has 14 heavy (non-hydrogen) atoms. The normalized spacial score (nSPS) is 10.6. The Morgan fingerprint density at radius 3 is 2.86 bits per heavy atom. The Labute approximate surface area is 81.9 Å². The molecule has 2 rings (SSSR count). The van der Waals surface area contributed by atoms with Gasteiger partial charge in [-0.05, 0) is 18.6 Å². The van der Waals surface area contributed by atoms with Crippen LogP contribution >= 0.6 is 0 Å². The lowest BCUT2D eigenvalue weighted by Gasteiger charge is -1.99. The second kappa shape index (κ2) is 4.11. The summed E-state index contributed by atoms with van der Waals surface area (Å²) in [6, 6.07) is 3.79. The molecule has 0 unspecified atom stereocenters. The maximum Gasteiger partial charge on any atom is 0.124 e. The Bertz CT molecular complexity index is 378. The summed E-state index contributed by atoms with van der Waals surface area (Å²) in [5.74, 6) is 0.966. The lowest BCUT2D eigenvalue weighted by atomic mass is 10.3. The molecule has 4 heteroatoms. The molecule has 1 N–H and O–H groups in total. The molecule has 0 fully saturated rings. The largest absolute Gasteiger partial charge is 0.468 e. The molecule has 0 spiro atoms. The third kappa shape index (κ3) is 2.03. The molecule has 0 aliphatic heterocycles. The van der Waals surface area contributed by atoms with Crippen LogP contribution in [0.25, 0.3) is 0 Å². The maximum atomic E-state index is 5.28. The van der Waals surface area contributed by atoms with Crippen LogP contribution in [-0.2, 0) is 13.1 Å². The minimum absolute atomic E-state index is 0.691. The van der Waals surface area contributed by atoms with Gasteiger partial charge in [0, 0.05) is 12.6 Å². The van der Waals surface area contributed by atoms with Gasteiger partial charge in [0.25, 0.3) is 0 Å². The van der Waals surface area contributed by atoms with E-state index in [2.05, 4.69) is 10.5 Å². The second-order valence-corrected chi connectivity index (χ2v) is 3.12. The summed E-state index contributed by atoms with van der Waals surface area (Å²) in [5.41, 5.74) is 2.06. The summed E-state index contributed by atoms with van der Waals surface area (Å²) >= 11 is 0. The van der Waals surface area contributed by atoms with Crippen LogP contribution in [-0.4, -0.2) is 5.16 Å². The predicted octanol–water partition coefficient (Wildman–Crippen LogP) is 1.87. The van der Waals surface area contributed by atoms with Crippen LogP contribution in [0.4, 0.5) is 0 Å². The molecule has 2 aromatic heterocycles. The fourth-order valence-electron chi connectivity index (χ4n) is 1.22. The third-order valence-electron chi connectivity index (χ3n) is 2.05. The average molecular weight is 192 g/mol. The molecule has 0 saturated carbocycles. The van der Waals surface area contributed by atoms with E-state index in [0.717, 1.165) is 17.0 Å². The van der Waals surface area contributed by atoms with E-state index < -0.39 is 0 Å². The Balaban J connectivity index is 1.81. The Hall–Kier alpha value is -1.55. The Morgan fingerprint density at radius 2 is 2.21 bits per heavy atom. The molecule has 74 valence electrons. The molecule has 0 amide bonds. The van der Waals surface area contributed by atoms with Crippen LogP contribution in [0.3, 0.4) is 0 Å². The summed E-state index contributed by atoms with van der Waals surface area (Å²) in [4.78, 5) is 0. The summed E-state index contributed by atoms with van der Waals surface area (Å²) in [5, 5.41) is 7.00. The first-order valence-corrected chi connectivity index (χ1v) is 4.49. The number of rotatable bonds is 4. The first kappa shape index (κ1) is 9.02. The van der Waals surface area contributed by atoms with Crippen molar-refractivity contribution in [3.63, 3.8) is 0 Å². The number of furan rings is 1. The quantitative estimate of drug-likeness (QED) is 0.803. The fourth-order valence-corrected chi connectivity index (χ4v) is 1.22. The molecule has 0 saturated heterocycles. The number of hydrogen-bond donors (Lipinski definition) is 1. The van der Waals surface area contributed by atoms with Crippen molar-refractivity contribution in [3.05, 3.63) is 41.7 Å². The number of nitrogens with zero attached hydrogens (tertiary/aromatic N) is 1. The zero-order valence-corrected chi connectivity index (χ0v) is 7.99. The topological polar surface area (TPSA) is 51.2 Å². The lowest BCUT2D eigenvalue weighted by Crippen LogP contribution is -2.12. The molecule has 0 radical (unpaired) electrons. The van der Waals surface area contributed by atoms with Gasteiger partial charge in [0.2, 0.25) is 0 Å². The number of nitrogens with one attached hydrogen (secondary N) is 1. The van der Waals surface area contributed by atoms with Crippen molar-refractivity contribution in [2.45, 2.75) is 20.0 Å². The monoisotopic (exact) mass is 192 g/mol. The predicted molar refractivity (Wildman–Crippen MR) is 50.5 cm³/mol.